The third-order valence-electron chi connectivity index (χ3n) is 5.67. The fraction of sp³-hybridized carbons (Fsp3) is 0.524. The van der Waals surface area contributed by atoms with Crippen LogP contribution in [-0.4, -0.2) is 11.6 Å². The molecule has 0 aliphatic heterocycles. The summed E-state index contributed by atoms with van der Waals surface area (Å²) in [5.74, 6) is 1.03. The first-order valence-electron chi connectivity index (χ1n) is 8.84. The number of carbonyl (C=O) groups excluding carboxylic acids is 2. The lowest BCUT2D eigenvalue weighted by molar-refractivity contribution is -0.129. The number of Topliss-reactive ketones (excluding diaryl/α,β-unsaturated/α-hetero) is 2. The van der Waals surface area contributed by atoms with Crippen molar-refractivity contribution >= 4 is 11.6 Å². The predicted octanol–water partition coefficient (Wildman–Crippen LogP) is 4.87. The lowest BCUT2D eigenvalue weighted by atomic mass is 9.76. The van der Waals surface area contributed by atoms with Gasteiger partial charge in [0.15, 0.2) is 5.78 Å². The van der Waals surface area contributed by atoms with E-state index >= 15 is 0 Å². The van der Waals surface area contributed by atoms with Gasteiger partial charge in [0, 0.05) is 29.2 Å². The first kappa shape index (κ1) is 16.2. The number of allylic oxidation sites excluding steroid dienone is 2. The van der Waals surface area contributed by atoms with Gasteiger partial charge >= 0.3 is 0 Å². The molecule has 23 heavy (non-hydrogen) atoms. The van der Waals surface area contributed by atoms with Crippen molar-refractivity contribution in [1.29, 1.82) is 0 Å². The number of ketones is 2. The van der Waals surface area contributed by atoms with Crippen LogP contribution in [0, 0.1) is 11.3 Å². The highest BCUT2D eigenvalue weighted by Gasteiger charge is 2.39. The number of aryl methyl sites for hydroxylation is 1. The standard InChI is InChI=1S/C21H26O2/c1-4-14(2)20(23)21(3)11-10-17(13-21)15-8-9-18-16(12-15)6-5-7-19(18)22/h8-12,14,17H,4-7,13H2,1-3H3. The van der Waals surface area contributed by atoms with Crippen LogP contribution < -0.4 is 0 Å². The molecule has 0 aromatic heterocycles. The Morgan fingerprint density at radius 2 is 2.13 bits per heavy atom. The minimum atomic E-state index is -0.341. The highest BCUT2D eigenvalue weighted by molar-refractivity contribution is 5.98. The zero-order chi connectivity index (χ0) is 16.6. The van der Waals surface area contributed by atoms with E-state index in [9.17, 15) is 9.59 Å². The molecule has 3 atom stereocenters. The fourth-order valence-corrected chi connectivity index (χ4v) is 3.98. The second-order valence-corrected chi connectivity index (χ2v) is 7.45. The highest BCUT2D eigenvalue weighted by atomic mass is 16.1. The molecule has 3 unspecified atom stereocenters. The van der Waals surface area contributed by atoms with Crippen LogP contribution in [0.25, 0.3) is 0 Å². The molecule has 0 amide bonds. The Labute approximate surface area is 139 Å². The maximum absolute atomic E-state index is 12.7. The van der Waals surface area contributed by atoms with Crippen molar-refractivity contribution < 1.29 is 9.59 Å². The van der Waals surface area contributed by atoms with Gasteiger partial charge in [0.05, 0.1) is 0 Å². The lowest BCUT2D eigenvalue weighted by Gasteiger charge is -2.26. The van der Waals surface area contributed by atoms with Crippen molar-refractivity contribution in [3.05, 3.63) is 47.0 Å². The fourth-order valence-electron chi connectivity index (χ4n) is 3.98. The lowest BCUT2D eigenvalue weighted by Crippen LogP contribution is -2.29. The molecule has 0 heterocycles. The predicted molar refractivity (Wildman–Crippen MR) is 92.8 cm³/mol. The van der Waals surface area contributed by atoms with E-state index < -0.39 is 0 Å². The Morgan fingerprint density at radius 1 is 1.35 bits per heavy atom. The van der Waals surface area contributed by atoms with Crippen molar-refractivity contribution in [3.63, 3.8) is 0 Å². The number of fused-ring (bicyclic) bond motifs is 1. The van der Waals surface area contributed by atoms with Crippen LogP contribution in [0.5, 0.6) is 0 Å². The van der Waals surface area contributed by atoms with Gasteiger partial charge in [0.2, 0.25) is 0 Å². The van der Waals surface area contributed by atoms with E-state index in [1.165, 1.54) is 11.1 Å². The summed E-state index contributed by atoms with van der Waals surface area (Å²) in [6.45, 7) is 6.17. The van der Waals surface area contributed by atoms with Gasteiger partial charge in [-0.1, -0.05) is 44.2 Å². The average molecular weight is 310 g/mol. The number of benzene rings is 1. The Hall–Kier alpha value is -1.70. The molecule has 2 aliphatic rings. The second-order valence-electron chi connectivity index (χ2n) is 7.45. The summed E-state index contributed by atoms with van der Waals surface area (Å²) in [5, 5.41) is 0. The minimum absolute atomic E-state index is 0.115. The molecule has 1 aromatic rings. The molecule has 1 aromatic carbocycles. The Morgan fingerprint density at radius 3 is 2.87 bits per heavy atom. The molecule has 2 aliphatic carbocycles. The largest absolute Gasteiger partial charge is 0.298 e. The summed E-state index contributed by atoms with van der Waals surface area (Å²) >= 11 is 0. The molecule has 3 rings (SSSR count). The summed E-state index contributed by atoms with van der Waals surface area (Å²) in [7, 11) is 0. The summed E-state index contributed by atoms with van der Waals surface area (Å²) in [6.07, 6.45) is 8.67. The van der Waals surface area contributed by atoms with E-state index in [4.69, 9.17) is 0 Å². The topological polar surface area (TPSA) is 34.1 Å². The molecule has 0 N–H and O–H groups in total. The molecule has 2 heteroatoms. The molecule has 0 spiro atoms. The summed E-state index contributed by atoms with van der Waals surface area (Å²) in [6, 6.07) is 6.27. The highest BCUT2D eigenvalue weighted by Crippen LogP contribution is 2.43. The molecule has 0 fully saturated rings. The first-order chi connectivity index (χ1) is 10.9. The van der Waals surface area contributed by atoms with Gasteiger partial charge in [-0.15, -0.1) is 0 Å². The maximum atomic E-state index is 12.7. The van der Waals surface area contributed by atoms with Gasteiger partial charge in [-0.3, -0.25) is 9.59 Å². The van der Waals surface area contributed by atoms with Crippen molar-refractivity contribution in [2.24, 2.45) is 11.3 Å². The Bertz CT molecular complexity index is 670. The molecule has 122 valence electrons. The number of carbonyl (C=O) groups is 2. The number of hydrogen-bond acceptors (Lipinski definition) is 2. The molecule has 0 saturated heterocycles. The second kappa shape index (κ2) is 6.07. The first-order valence-corrected chi connectivity index (χ1v) is 8.84. The van der Waals surface area contributed by atoms with Gasteiger partial charge in [0.25, 0.3) is 0 Å². The van der Waals surface area contributed by atoms with E-state index in [1.807, 2.05) is 13.0 Å². The van der Waals surface area contributed by atoms with Crippen molar-refractivity contribution in [1.82, 2.24) is 0 Å². The third-order valence-corrected chi connectivity index (χ3v) is 5.67. The molecule has 2 nitrogen and oxygen atoms in total. The number of rotatable bonds is 4. The van der Waals surface area contributed by atoms with Gasteiger partial charge in [-0.2, -0.15) is 0 Å². The van der Waals surface area contributed by atoms with Crippen LogP contribution >= 0.6 is 0 Å². The van der Waals surface area contributed by atoms with E-state index in [-0.39, 0.29) is 23.0 Å². The SMILES string of the molecule is CCC(C)C(=O)C1(C)C=CC(c2ccc3c(c2)CCCC3=O)C1. The van der Waals surface area contributed by atoms with Crippen LogP contribution in [0.2, 0.25) is 0 Å². The molecule has 0 radical (unpaired) electrons. The van der Waals surface area contributed by atoms with E-state index in [0.717, 1.165) is 31.2 Å². The van der Waals surface area contributed by atoms with Crippen molar-refractivity contribution in [2.75, 3.05) is 0 Å². The van der Waals surface area contributed by atoms with E-state index in [2.05, 4.69) is 38.1 Å². The van der Waals surface area contributed by atoms with E-state index in [1.54, 1.807) is 0 Å². The number of hydrogen-bond donors (Lipinski definition) is 0. The minimum Gasteiger partial charge on any atom is -0.298 e. The van der Waals surface area contributed by atoms with Crippen molar-refractivity contribution in [3.8, 4) is 0 Å². The van der Waals surface area contributed by atoms with Crippen LogP contribution in [0.1, 0.15) is 73.9 Å². The third kappa shape index (κ3) is 2.91. The quantitative estimate of drug-likeness (QED) is 0.743. The van der Waals surface area contributed by atoms with Crippen LogP contribution in [-0.2, 0) is 11.2 Å². The maximum Gasteiger partial charge on any atom is 0.163 e. The molecule has 0 bridgehead atoms. The van der Waals surface area contributed by atoms with Gasteiger partial charge in [-0.25, -0.2) is 0 Å². The van der Waals surface area contributed by atoms with Gasteiger partial charge < -0.3 is 0 Å². The normalized spacial score (nSPS) is 27.8. The summed E-state index contributed by atoms with van der Waals surface area (Å²) < 4.78 is 0. The zero-order valence-electron chi connectivity index (χ0n) is 14.4. The van der Waals surface area contributed by atoms with E-state index in [0.29, 0.717) is 12.2 Å². The smallest absolute Gasteiger partial charge is 0.163 e. The Balaban J connectivity index is 1.81. The van der Waals surface area contributed by atoms with Crippen molar-refractivity contribution in [2.45, 2.75) is 58.8 Å². The van der Waals surface area contributed by atoms with Gasteiger partial charge in [-0.05, 0) is 43.7 Å². The Kier molecular flexibility index (Phi) is 4.27. The molecule has 0 saturated carbocycles. The van der Waals surface area contributed by atoms with Gasteiger partial charge in [0.1, 0.15) is 5.78 Å². The monoisotopic (exact) mass is 310 g/mol. The summed E-state index contributed by atoms with van der Waals surface area (Å²) in [5.41, 5.74) is 3.00. The average Bonchev–Trinajstić information content (AvgIpc) is 2.97. The molecular formula is C21H26O2. The van der Waals surface area contributed by atoms with Crippen LogP contribution in [0.3, 0.4) is 0 Å². The van der Waals surface area contributed by atoms with Crippen LogP contribution in [0.15, 0.2) is 30.4 Å². The summed E-state index contributed by atoms with van der Waals surface area (Å²) in [4.78, 5) is 24.6. The van der Waals surface area contributed by atoms with Crippen LogP contribution in [0.4, 0.5) is 0 Å². The molecular weight excluding hydrogens is 284 g/mol. The zero-order valence-corrected chi connectivity index (χ0v) is 14.4.